The molecule has 0 aromatic heterocycles. The van der Waals surface area contributed by atoms with Crippen molar-refractivity contribution < 1.29 is 18.9 Å². The standard InChI is InChI=1S/C10H22O4/c1-10(14-5,8-11-2)7-6-9(12-3)13-4/h9H,6-8H2,1-5H3. The minimum Gasteiger partial charge on any atom is -0.382 e. The van der Waals surface area contributed by atoms with E-state index in [-0.39, 0.29) is 11.9 Å². The van der Waals surface area contributed by atoms with Gasteiger partial charge in [0.1, 0.15) is 0 Å². The predicted molar refractivity (Wildman–Crippen MR) is 54.3 cm³/mol. The molecule has 14 heavy (non-hydrogen) atoms. The Balaban J connectivity index is 3.92. The Bertz CT molecular complexity index is 136. The fourth-order valence-corrected chi connectivity index (χ4v) is 1.29. The lowest BCUT2D eigenvalue weighted by molar-refractivity contribution is -0.125. The molecule has 0 fully saturated rings. The van der Waals surface area contributed by atoms with Crippen LogP contribution in [0.5, 0.6) is 0 Å². The Hall–Kier alpha value is -0.160. The van der Waals surface area contributed by atoms with Crippen LogP contribution in [0.3, 0.4) is 0 Å². The third-order valence-electron chi connectivity index (χ3n) is 2.38. The molecule has 1 unspecified atom stereocenters. The van der Waals surface area contributed by atoms with Crippen LogP contribution in [-0.4, -0.2) is 46.9 Å². The van der Waals surface area contributed by atoms with E-state index in [2.05, 4.69) is 0 Å². The van der Waals surface area contributed by atoms with E-state index >= 15 is 0 Å². The Kier molecular flexibility index (Phi) is 7.09. The van der Waals surface area contributed by atoms with Crippen LogP contribution in [0.1, 0.15) is 19.8 Å². The molecular weight excluding hydrogens is 184 g/mol. The molecule has 0 spiro atoms. The SMILES string of the molecule is COCC(C)(CCC(OC)OC)OC. The van der Waals surface area contributed by atoms with Gasteiger partial charge in [-0.25, -0.2) is 0 Å². The fourth-order valence-electron chi connectivity index (χ4n) is 1.29. The van der Waals surface area contributed by atoms with Crippen molar-refractivity contribution in [1.82, 2.24) is 0 Å². The van der Waals surface area contributed by atoms with E-state index in [9.17, 15) is 0 Å². The molecule has 0 aromatic rings. The maximum atomic E-state index is 5.38. The van der Waals surface area contributed by atoms with Crippen LogP contribution in [0.25, 0.3) is 0 Å². The average Bonchev–Trinajstić information content (AvgIpc) is 2.20. The summed E-state index contributed by atoms with van der Waals surface area (Å²) in [5.41, 5.74) is -0.260. The van der Waals surface area contributed by atoms with E-state index in [1.807, 2.05) is 6.92 Å². The molecule has 0 N–H and O–H groups in total. The summed E-state index contributed by atoms with van der Waals surface area (Å²) in [5.74, 6) is 0. The normalized spacial score (nSPS) is 15.9. The highest BCUT2D eigenvalue weighted by Gasteiger charge is 2.24. The highest BCUT2D eigenvalue weighted by Crippen LogP contribution is 2.19. The quantitative estimate of drug-likeness (QED) is 0.563. The maximum Gasteiger partial charge on any atom is 0.156 e. The van der Waals surface area contributed by atoms with Crippen LogP contribution < -0.4 is 0 Å². The Morgan fingerprint density at radius 3 is 2.00 bits per heavy atom. The highest BCUT2D eigenvalue weighted by molar-refractivity contribution is 4.74. The first kappa shape index (κ1) is 13.8. The number of methoxy groups -OCH3 is 4. The Morgan fingerprint density at radius 2 is 1.64 bits per heavy atom. The van der Waals surface area contributed by atoms with Gasteiger partial charge in [0.25, 0.3) is 0 Å². The molecule has 0 aromatic carbocycles. The number of hydrogen-bond donors (Lipinski definition) is 0. The topological polar surface area (TPSA) is 36.9 Å². The van der Waals surface area contributed by atoms with Gasteiger partial charge in [0.2, 0.25) is 0 Å². The molecule has 0 amide bonds. The van der Waals surface area contributed by atoms with Gasteiger partial charge in [0.15, 0.2) is 6.29 Å². The summed E-state index contributed by atoms with van der Waals surface area (Å²) in [6, 6.07) is 0. The molecule has 0 rings (SSSR count). The summed E-state index contributed by atoms with van der Waals surface area (Å²) < 4.78 is 20.7. The van der Waals surface area contributed by atoms with Crippen molar-refractivity contribution in [2.75, 3.05) is 35.0 Å². The van der Waals surface area contributed by atoms with Gasteiger partial charge in [-0.2, -0.15) is 0 Å². The number of hydrogen-bond acceptors (Lipinski definition) is 4. The molecule has 0 saturated heterocycles. The van der Waals surface area contributed by atoms with Gasteiger partial charge in [-0.3, -0.25) is 0 Å². The molecule has 0 bridgehead atoms. The molecule has 0 aliphatic carbocycles. The third-order valence-corrected chi connectivity index (χ3v) is 2.38. The van der Waals surface area contributed by atoms with E-state index in [0.717, 1.165) is 12.8 Å². The average molecular weight is 206 g/mol. The van der Waals surface area contributed by atoms with Crippen LogP contribution >= 0.6 is 0 Å². The molecule has 1 atom stereocenters. The van der Waals surface area contributed by atoms with Crippen LogP contribution in [0.2, 0.25) is 0 Å². The van der Waals surface area contributed by atoms with E-state index in [1.165, 1.54) is 0 Å². The predicted octanol–water partition coefficient (Wildman–Crippen LogP) is 1.44. The van der Waals surface area contributed by atoms with Crippen molar-refractivity contribution in [2.45, 2.75) is 31.7 Å². The van der Waals surface area contributed by atoms with E-state index in [4.69, 9.17) is 18.9 Å². The van der Waals surface area contributed by atoms with Gasteiger partial charge in [-0.1, -0.05) is 0 Å². The van der Waals surface area contributed by atoms with Crippen LogP contribution in [-0.2, 0) is 18.9 Å². The molecule has 0 aliphatic heterocycles. The third kappa shape index (κ3) is 4.91. The van der Waals surface area contributed by atoms with Gasteiger partial charge < -0.3 is 18.9 Å². The second kappa shape index (κ2) is 7.17. The maximum absolute atomic E-state index is 5.38. The molecule has 0 saturated carbocycles. The second-order valence-electron chi connectivity index (χ2n) is 3.53. The zero-order valence-electron chi connectivity index (χ0n) is 9.83. The molecule has 0 radical (unpaired) electrons. The zero-order chi connectivity index (χ0) is 11.0. The van der Waals surface area contributed by atoms with Crippen molar-refractivity contribution >= 4 is 0 Å². The summed E-state index contributed by atoms with van der Waals surface area (Å²) in [6.07, 6.45) is 1.46. The highest BCUT2D eigenvalue weighted by atomic mass is 16.7. The van der Waals surface area contributed by atoms with Gasteiger partial charge in [-0.15, -0.1) is 0 Å². The van der Waals surface area contributed by atoms with Crippen molar-refractivity contribution in [3.63, 3.8) is 0 Å². The molecule has 86 valence electrons. The zero-order valence-corrected chi connectivity index (χ0v) is 9.83. The first-order valence-electron chi connectivity index (χ1n) is 4.71. The minimum atomic E-state index is -0.260. The second-order valence-corrected chi connectivity index (χ2v) is 3.53. The van der Waals surface area contributed by atoms with E-state index < -0.39 is 0 Å². The Morgan fingerprint density at radius 1 is 1.07 bits per heavy atom. The lowest BCUT2D eigenvalue weighted by Gasteiger charge is -2.28. The summed E-state index contributed by atoms with van der Waals surface area (Å²) in [4.78, 5) is 0. The fraction of sp³-hybridized carbons (Fsp3) is 1.00. The lowest BCUT2D eigenvalue weighted by atomic mass is 10.0. The van der Waals surface area contributed by atoms with Crippen LogP contribution in [0, 0.1) is 0 Å². The van der Waals surface area contributed by atoms with Crippen molar-refractivity contribution in [2.24, 2.45) is 0 Å². The smallest absolute Gasteiger partial charge is 0.156 e. The van der Waals surface area contributed by atoms with Crippen molar-refractivity contribution in [3.8, 4) is 0 Å². The van der Waals surface area contributed by atoms with E-state index in [1.54, 1.807) is 28.4 Å². The molecule has 4 nitrogen and oxygen atoms in total. The van der Waals surface area contributed by atoms with Crippen LogP contribution in [0.4, 0.5) is 0 Å². The van der Waals surface area contributed by atoms with Crippen molar-refractivity contribution in [3.05, 3.63) is 0 Å². The summed E-state index contributed by atoms with van der Waals surface area (Å²) in [5, 5.41) is 0. The molecule has 0 heterocycles. The van der Waals surface area contributed by atoms with E-state index in [0.29, 0.717) is 6.61 Å². The number of rotatable bonds is 8. The largest absolute Gasteiger partial charge is 0.382 e. The number of ether oxygens (including phenoxy) is 4. The van der Waals surface area contributed by atoms with Crippen LogP contribution in [0.15, 0.2) is 0 Å². The molecule has 4 heteroatoms. The molecule has 0 aliphatic rings. The Labute approximate surface area is 86.5 Å². The van der Waals surface area contributed by atoms with Gasteiger partial charge in [-0.05, 0) is 13.3 Å². The molecular formula is C10H22O4. The summed E-state index contributed by atoms with van der Waals surface area (Å²) in [6.45, 7) is 2.59. The minimum absolute atomic E-state index is 0.165. The van der Waals surface area contributed by atoms with Crippen molar-refractivity contribution in [1.29, 1.82) is 0 Å². The van der Waals surface area contributed by atoms with Gasteiger partial charge >= 0.3 is 0 Å². The summed E-state index contributed by atoms with van der Waals surface area (Å²) >= 11 is 0. The first-order chi connectivity index (χ1) is 6.61. The van der Waals surface area contributed by atoms with Gasteiger partial charge in [0.05, 0.1) is 12.2 Å². The monoisotopic (exact) mass is 206 g/mol. The first-order valence-corrected chi connectivity index (χ1v) is 4.71. The summed E-state index contributed by atoms with van der Waals surface area (Å²) in [7, 11) is 6.62. The lowest BCUT2D eigenvalue weighted by Crippen LogP contribution is -2.34. The van der Waals surface area contributed by atoms with Gasteiger partial charge in [0, 0.05) is 34.9 Å².